The second kappa shape index (κ2) is 7.63. The van der Waals surface area contributed by atoms with Crippen LogP contribution in [-0.2, 0) is 7.05 Å². The van der Waals surface area contributed by atoms with Gasteiger partial charge in [0.05, 0.1) is 5.69 Å². The van der Waals surface area contributed by atoms with Crippen LogP contribution in [0.25, 0.3) is 5.57 Å². The summed E-state index contributed by atoms with van der Waals surface area (Å²) in [6, 6.07) is 1.88. The lowest BCUT2D eigenvalue weighted by atomic mass is 10.1. The van der Waals surface area contributed by atoms with Gasteiger partial charge in [-0.2, -0.15) is 5.10 Å². The number of nitrogens with zero attached hydrogens (tertiary/aromatic N) is 2. The van der Waals surface area contributed by atoms with E-state index in [9.17, 15) is 4.39 Å². The summed E-state index contributed by atoms with van der Waals surface area (Å²) in [5, 5.41) is 4.20. The standard InChI is InChI=1S/C11H13FN2.C2H6/c1-4-10(6-5-9(2)12)11-7-8-14(3)13-11;1-2/h4-8H,2H2,1,3H3;1-2H3/b6-5-,10-4+;. The Balaban J connectivity index is 0.00000106. The molecule has 0 amide bonds. The summed E-state index contributed by atoms with van der Waals surface area (Å²) in [4.78, 5) is 0. The van der Waals surface area contributed by atoms with Crippen molar-refractivity contribution in [3.8, 4) is 0 Å². The van der Waals surface area contributed by atoms with Crippen molar-refractivity contribution in [2.24, 2.45) is 7.05 Å². The Hall–Kier alpha value is -1.64. The van der Waals surface area contributed by atoms with Gasteiger partial charge >= 0.3 is 0 Å². The SMILES string of the molecule is C=C(F)/C=C\C(=C/C)c1ccn(C)n1.CC. The van der Waals surface area contributed by atoms with Crippen LogP contribution in [0.2, 0.25) is 0 Å². The highest BCUT2D eigenvalue weighted by Crippen LogP contribution is 2.13. The molecule has 0 aliphatic carbocycles. The Morgan fingerprint density at radius 1 is 1.44 bits per heavy atom. The highest BCUT2D eigenvalue weighted by molar-refractivity contribution is 5.71. The molecule has 0 N–H and O–H groups in total. The molecule has 0 spiro atoms. The second-order valence-corrected chi connectivity index (χ2v) is 2.90. The van der Waals surface area contributed by atoms with E-state index in [4.69, 9.17) is 0 Å². The molecule has 0 saturated carbocycles. The van der Waals surface area contributed by atoms with E-state index in [1.165, 1.54) is 6.08 Å². The van der Waals surface area contributed by atoms with Crippen LogP contribution in [0.15, 0.2) is 42.9 Å². The van der Waals surface area contributed by atoms with Gasteiger partial charge in [0.1, 0.15) is 5.83 Å². The largest absolute Gasteiger partial charge is 0.275 e. The van der Waals surface area contributed by atoms with Crippen LogP contribution in [0.5, 0.6) is 0 Å². The van der Waals surface area contributed by atoms with Crippen LogP contribution < -0.4 is 0 Å². The molecule has 0 bridgehead atoms. The molecule has 0 radical (unpaired) electrons. The van der Waals surface area contributed by atoms with E-state index in [1.807, 2.05) is 46.2 Å². The van der Waals surface area contributed by atoms with Gasteiger partial charge in [0.2, 0.25) is 0 Å². The van der Waals surface area contributed by atoms with E-state index in [1.54, 1.807) is 10.8 Å². The lowest BCUT2D eigenvalue weighted by Gasteiger charge is -1.95. The molecule has 2 nitrogen and oxygen atoms in total. The maximum absolute atomic E-state index is 12.4. The van der Waals surface area contributed by atoms with E-state index in [2.05, 4.69) is 11.7 Å². The van der Waals surface area contributed by atoms with Gasteiger partial charge in [-0.05, 0) is 24.6 Å². The van der Waals surface area contributed by atoms with Crippen molar-refractivity contribution in [2.75, 3.05) is 0 Å². The third kappa shape index (κ3) is 4.73. The Morgan fingerprint density at radius 3 is 2.44 bits per heavy atom. The number of aromatic nitrogens is 2. The Labute approximate surface area is 96.8 Å². The normalized spacial score (nSPS) is 11.2. The first-order valence-corrected chi connectivity index (χ1v) is 5.32. The quantitative estimate of drug-likeness (QED) is 0.709. The van der Waals surface area contributed by atoms with Crippen molar-refractivity contribution < 1.29 is 4.39 Å². The molecule has 1 heterocycles. The molecule has 0 fully saturated rings. The fraction of sp³-hybridized carbons (Fsp3) is 0.308. The smallest absolute Gasteiger partial charge is 0.116 e. The van der Waals surface area contributed by atoms with Crippen molar-refractivity contribution in [2.45, 2.75) is 20.8 Å². The average Bonchev–Trinajstić information content (AvgIpc) is 2.68. The first-order chi connectivity index (χ1) is 7.63. The molecular formula is C13H19FN2. The van der Waals surface area contributed by atoms with Gasteiger partial charge in [-0.25, -0.2) is 4.39 Å². The zero-order valence-corrected chi connectivity index (χ0v) is 10.4. The molecule has 1 aromatic rings. The lowest BCUT2D eigenvalue weighted by Crippen LogP contribution is -1.89. The van der Waals surface area contributed by atoms with E-state index >= 15 is 0 Å². The zero-order chi connectivity index (χ0) is 12.6. The third-order valence-corrected chi connectivity index (χ3v) is 1.76. The predicted octanol–water partition coefficient (Wildman–Crippen LogP) is 3.89. The van der Waals surface area contributed by atoms with Crippen LogP contribution >= 0.6 is 0 Å². The van der Waals surface area contributed by atoms with Crippen molar-refractivity contribution in [3.63, 3.8) is 0 Å². The second-order valence-electron chi connectivity index (χ2n) is 2.90. The van der Waals surface area contributed by atoms with Crippen LogP contribution in [0.3, 0.4) is 0 Å². The molecular weight excluding hydrogens is 203 g/mol. The summed E-state index contributed by atoms with van der Waals surface area (Å²) in [7, 11) is 1.84. The molecule has 0 aromatic carbocycles. The van der Waals surface area contributed by atoms with E-state index in [0.717, 1.165) is 11.3 Å². The van der Waals surface area contributed by atoms with Crippen LogP contribution in [0.1, 0.15) is 26.5 Å². The van der Waals surface area contributed by atoms with E-state index < -0.39 is 5.83 Å². The Bertz CT molecular complexity index is 386. The average molecular weight is 222 g/mol. The first-order valence-electron chi connectivity index (χ1n) is 5.32. The molecule has 88 valence electrons. The molecule has 16 heavy (non-hydrogen) atoms. The number of aryl methyl sites for hydroxylation is 1. The maximum Gasteiger partial charge on any atom is 0.116 e. The molecule has 0 aliphatic rings. The summed E-state index contributed by atoms with van der Waals surface area (Å²) >= 11 is 0. The lowest BCUT2D eigenvalue weighted by molar-refractivity contribution is 0.671. The molecule has 0 aliphatic heterocycles. The van der Waals surface area contributed by atoms with Gasteiger partial charge in [0.15, 0.2) is 0 Å². The summed E-state index contributed by atoms with van der Waals surface area (Å²) in [6.45, 7) is 9.04. The summed E-state index contributed by atoms with van der Waals surface area (Å²) in [5.41, 5.74) is 1.71. The summed E-state index contributed by atoms with van der Waals surface area (Å²) in [5.74, 6) is -0.458. The first kappa shape index (κ1) is 14.4. The molecule has 3 heteroatoms. The minimum absolute atomic E-state index is 0.458. The predicted molar refractivity (Wildman–Crippen MR) is 67.6 cm³/mol. The zero-order valence-electron chi connectivity index (χ0n) is 10.4. The Kier molecular flexibility index (Phi) is 6.84. The fourth-order valence-electron chi connectivity index (χ4n) is 1.08. The minimum atomic E-state index is -0.458. The highest BCUT2D eigenvalue weighted by Gasteiger charge is 1.99. The molecule has 1 aromatic heterocycles. The topological polar surface area (TPSA) is 17.8 Å². The van der Waals surface area contributed by atoms with Gasteiger partial charge in [-0.3, -0.25) is 4.68 Å². The van der Waals surface area contributed by atoms with Crippen LogP contribution in [0.4, 0.5) is 4.39 Å². The summed E-state index contributed by atoms with van der Waals surface area (Å²) in [6.07, 6.45) is 6.70. The van der Waals surface area contributed by atoms with Gasteiger partial charge in [0, 0.05) is 13.2 Å². The highest BCUT2D eigenvalue weighted by atomic mass is 19.1. The fourth-order valence-corrected chi connectivity index (χ4v) is 1.08. The van der Waals surface area contributed by atoms with Crippen molar-refractivity contribution in [1.29, 1.82) is 0 Å². The van der Waals surface area contributed by atoms with Gasteiger partial charge in [0.25, 0.3) is 0 Å². The maximum atomic E-state index is 12.4. The van der Waals surface area contributed by atoms with Gasteiger partial charge < -0.3 is 0 Å². The number of hydrogen-bond donors (Lipinski definition) is 0. The molecule has 1 rings (SSSR count). The number of rotatable bonds is 3. The van der Waals surface area contributed by atoms with E-state index in [0.29, 0.717) is 0 Å². The molecule has 0 saturated heterocycles. The number of halogens is 1. The van der Waals surface area contributed by atoms with Crippen molar-refractivity contribution in [1.82, 2.24) is 9.78 Å². The van der Waals surface area contributed by atoms with Crippen molar-refractivity contribution >= 4 is 5.57 Å². The Morgan fingerprint density at radius 2 is 2.06 bits per heavy atom. The monoisotopic (exact) mass is 222 g/mol. The minimum Gasteiger partial charge on any atom is -0.275 e. The van der Waals surface area contributed by atoms with Crippen LogP contribution in [-0.4, -0.2) is 9.78 Å². The molecule has 0 atom stereocenters. The van der Waals surface area contributed by atoms with Gasteiger partial charge in [-0.1, -0.05) is 32.6 Å². The van der Waals surface area contributed by atoms with Gasteiger partial charge in [-0.15, -0.1) is 0 Å². The third-order valence-electron chi connectivity index (χ3n) is 1.76. The molecule has 0 unspecified atom stereocenters. The van der Waals surface area contributed by atoms with Crippen LogP contribution in [0, 0.1) is 0 Å². The number of hydrogen-bond acceptors (Lipinski definition) is 1. The number of allylic oxidation sites excluding steroid dienone is 5. The van der Waals surface area contributed by atoms with Crippen molar-refractivity contribution in [3.05, 3.63) is 48.6 Å². The summed E-state index contributed by atoms with van der Waals surface area (Å²) < 4.78 is 14.1. The van der Waals surface area contributed by atoms with E-state index in [-0.39, 0.29) is 0 Å².